The molecule has 0 unspecified atom stereocenters. The Labute approximate surface area is 136 Å². The van der Waals surface area contributed by atoms with Gasteiger partial charge in [-0.1, -0.05) is 36.4 Å². The molecule has 120 valence electrons. The van der Waals surface area contributed by atoms with Crippen molar-refractivity contribution in [3.63, 3.8) is 0 Å². The van der Waals surface area contributed by atoms with Gasteiger partial charge in [0.1, 0.15) is 5.41 Å². The van der Waals surface area contributed by atoms with E-state index in [9.17, 15) is 9.59 Å². The molecule has 4 heteroatoms. The van der Waals surface area contributed by atoms with Crippen molar-refractivity contribution >= 4 is 23.2 Å². The molecule has 4 nitrogen and oxygen atoms in total. The summed E-state index contributed by atoms with van der Waals surface area (Å²) in [7, 11) is 0. The maximum atomic E-state index is 12.5. The lowest BCUT2D eigenvalue weighted by molar-refractivity contribution is -0.135. The Morgan fingerprint density at radius 1 is 0.739 bits per heavy atom. The van der Waals surface area contributed by atoms with Crippen LogP contribution in [-0.4, -0.2) is 11.8 Å². The van der Waals surface area contributed by atoms with Crippen LogP contribution >= 0.6 is 0 Å². The van der Waals surface area contributed by atoms with Crippen LogP contribution in [0.5, 0.6) is 0 Å². The summed E-state index contributed by atoms with van der Waals surface area (Å²) in [5, 5.41) is 5.66. The fourth-order valence-electron chi connectivity index (χ4n) is 2.09. The number of carbonyl (C=O) groups is 2. The minimum absolute atomic E-state index is 0.335. The van der Waals surface area contributed by atoms with Crippen LogP contribution in [0.4, 0.5) is 11.4 Å². The van der Waals surface area contributed by atoms with Gasteiger partial charge in [-0.25, -0.2) is 0 Å². The highest BCUT2D eigenvalue weighted by atomic mass is 16.2. The van der Waals surface area contributed by atoms with Gasteiger partial charge in [-0.2, -0.15) is 0 Å². The number of para-hydroxylation sites is 2. The molecule has 0 spiro atoms. The molecule has 0 bridgehead atoms. The van der Waals surface area contributed by atoms with Gasteiger partial charge < -0.3 is 10.6 Å². The van der Waals surface area contributed by atoms with E-state index in [-0.39, 0.29) is 11.8 Å². The van der Waals surface area contributed by atoms with Gasteiger partial charge in [0, 0.05) is 11.4 Å². The van der Waals surface area contributed by atoms with E-state index < -0.39 is 5.41 Å². The molecule has 2 N–H and O–H groups in total. The van der Waals surface area contributed by atoms with Crippen LogP contribution < -0.4 is 10.6 Å². The van der Waals surface area contributed by atoms with Gasteiger partial charge in [0.05, 0.1) is 0 Å². The zero-order valence-electron chi connectivity index (χ0n) is 13.9. The summed E-state index contributed by atoms with van der Waals surface area (Å²) in [5.74, 6) is -0.671. The number of amides is 2. The van der Waals surface area contributed by atoms with Crippen LogP contribution in [0.25, 0.3) is 0 Å². The number of anilines is 2. The third-order valence-electron chi connectivity index (χ3n) is 3.92. The molecule has 0 aliphatic rings. The monoisotopic (exact) mass is 310 g/mol. The summed E-state index contributed by atoms with van der Waals surface area (Å²) in [5.41, 5.74) is 2.15. The maximum Gasteiger partial charge on any atom is 0.239 e. The molecule has 2 rings (SSSR count). The molecule has 0 aromatic heterocycles. The molecule has 0 fully saturated rings. The van der Waals surface area contributed by atoms with Crippen LogP contribution in [0.2, 0.25) is 0 Å². The molecule has 0 atom stereocenters. The van der Waals surface area contributed by atoms with Crippen LogP contribution in [0.15, 0.2) is 48.5 Å². The van der Waals surface area contributed by atoms with Gasteiger partial charge in [0.2, 0.25) is 11.8 Å². The Balaban J connectivity index is 2.13. The highest BCUT2D eigenvalue weighted by Gasteiger charge is 2.36. The summed E-state index contributed by atoms with van der Waals surface area (Å²) in [4.78, 5) is 25.1. The summed E-state index contributed by atoms with van der Waals surface area (Å²) in [6.45, 7) is 7.06. The summed E-state index contributed by atoms with van der Waals surface area (Å²) in [6.07, 6.45) is 0. The van der Waals surface area contributed by atoms with Crippen LogP contribution in [0.1, 0.15) is 25.0 Å². The molecule has 2 aromatic carbocycles. The van der Waals surface area contributed by atoms with Gasteiger partial charge in [-0.05, 0) is 51.0 Å². The Morgan fingerprint density at radius 2 is 1.09 bits per heavy atom. The average molecular weight is 310 g/mol. The van der Waals surface area contributed by atoms with E-state index in [1.54, 1.807) is 13.8 Å². The quantitative estimate of drug-likeness (QED) is 0.841. The Hall–Kier alpha value is -2.62. The Morgan fingerprint density at radius 3 is 1.43 bits per heavy atom. The normalized spacial score (nSPS) is 11.0. The SMILES string of the molecule is Cc1ccccc1NC(=O)C(C)(C)C(=O)Nc1ccccc1C. The topological polar surface area (TPSA) is 58.2 Å². The lowest BCUT2D eigenvalue weighted by atomic mass is 9.90. The second-order valence-electron chi connectivity index (χ2n) is 6.16. The van der Waals surface area contributed by atoms with Crippen molar-refractivity contribution in [1.82, 2.24) is 0 Å². The molecule has 2 aromatic rings. The number of hydrogen-bond acceptors (Lipinski definition) is 2. The first-order chi connectivity index (χ1) is 10.8. The van der Waals surface area contributed by atoms with Crippen LogP contribution in [-0.2, 0) is 9.59 Å². The number of carbonyl (C=O) groups excluding carboxylic acids is 2. The van der Waals surface area contributed by atoms with E-state index in [0.717, 1.165) is 11.1 Å². The van der Waals surface area contributed by atoms with Gasteiger partial charge in [-0.3, -0.25) is 9.59 Å². The number of rotatable bonds is 4. The van der Waals surface area contributed by atoms with Crippen molar-refractivity contribution in [1.29, 1.82) is 0 Å². The minimum atomic E-state index is -1.19. The highest BCUT2D eigenvalue weighted by molar-refractivity contribution is 6.14. The highest BCUT2D eigenvalue weighted by Crippen LogP contribution is 2.24. The van der Waals surface area contributed by atoms with Gasteiger partial charge >= 0.3 is 0 Å². The molecule has 0 radical (unpaired) electrons. The molecule has 0 saturated heterocycles. The fourth-order valence-corrected chi connectivity index (χ4v) is 2.09. The van der Waals surface area contributed by atoms with Gasteiger partial charge in [0.25, 0.3) is 0 Å². The van der Waals surface area contributed by atoms with Gasteiger partial charge in [-0.15, -0.1) is 0 Å². The first-order valence-electron chi connectivity index (χ1n) is 7.56. The van der Waals surface area contributed by atoms with E-state index in [4.69, 9.17) is 0 Å². The number of nitrogens with one attached hydrogen (secondary N) is 2. The van der Waals surface area contributed by atoms with E-state index >= 15 is 0 Å². The van der Waals surface area contributed by atoms with Crippen molar-refractivity contribution in [3.8, 4) is 0 Å². The lowest BCUT2D eigenvalue weighted by Crippen LogP contribution is -2.41. The maximum absolute atomic E-state index is 12.5. The third-order valence-corrected chi connectivity index (χ3v) is 3.92. The fraction of sp³-hybridized carbons (Fsp3) is 0.263. The summed E-state index contributed by atoms with van der Waals surface area (Å²) < 4.78 is 0. The second-order valence-corrected chi connectivity index (χ2v) is 6.16. The zero-order valence-corrected chi connectivity index (χ0v) is 13.9. The smallest absolute Gasteiger partial charge is 0.239 e. The standard InChI is InChI=1S/C19H22N2O2/c1-13-9-5-7-11-15(13)20-17(22)19(3,4)18(23)21-16-12-8-6-10-14(16)2/h5-12H,1-4H3,(H,20,22)(H,21,23). The summed E-state index contributed by atoms with van der Waals surface area (Å²) in [6, 6.07) is 15.0. The predicted octanol–water partition coefficient (Wildman–Crippen LogP) is 3.91. The first kappa shape index (κ1) is 16.7. The van der Waals surface area contributed by atoms with E-state index in [1.165, 1.54) is 0 Å². The van der Waals surface area contributed by atoms with Crippen LogP contribution in [0.3, 0.4) is 0 Å². The predicted molar refractivity (Wildman–Crippen MR) is 93.4 cm³/mol. The van der Waals surface area contributed by atoms with E-state index in [1.807, 2.05) is 62.4 Å². The minimum Gasteiger partial charge on any atom is -0.325 e. The molecule has 0 saturated carbocycles. The summed E-state index contributed by atoms with van der Waals surface area (Å²) >= 11 is 0. The zero-order chi connectivity index (χ0) is 17.0. The number of benzene rings is 2. The molecule has 2 amide bonds. The molecule has 0 heterocycles. The molecule has 0 aliphatic heterocycles. The van der Waals surface area contributed by atoms with Crippen molar-refractivity contribution in [2.24, 2.45) is 5.41 Å². The van der Waals surface area contributed by atoms with Crippen LogP contribution in [0, 0.1) is 19.3 Å². The first-order valence-corrected chi connectivity index (χ1v) is 7.56. The number of aryl methyl sites for hydroxylation is 2. The average Bonchev–Trinajstić information content (AvgIpc) is 2.51. The largest absolute Gasteiger partial charge is 0.325 e. The Kier molecular flexibility index (Phi) is 4.84. The molecular formula is C19H22N2O2. The van der Waals surface area contributed by atoms with E-state index in [0.29, 0.717) is 11.4 Å². The second kappa shape index (κ2) is 6.65. The molecule has 23 heavy (non-hydrogen) atoms. The van der Waals surface area contributed by atoms with E-state index in [2.05, 4.69) is 10.6 Å². The van der Waals surface area contributed by atoms with Crippen molar-refractivity contribution in [2.45, 2.75) is 27.7 Å². The van der Waals surface area contributed by atoms with Crippen molar-refractivity contribution < 1.29 is 9.59 Å². The molecular weight excluding hydrogens is 288 g/mol. The number of hydrogen-bond donors (Lipinski definition) is 2. The lowest BCUT2D eigenvalue weighted by Gasteiger charge is -2.23. The molecule has 0 aliphatic carbocycles. The Bertz CT molecular complexity index is 674. The van der Waals surface area contributed by atoms with Crippen molar-refractivity contribution in [3.05, 3.63) is 59.7 Å². The van der Waals surface area contributed by atoms with Crippen molar-refractivity contribution in [2.75, 3.05) is 10.6 Å². The van der Waals surface area contributed by atoms with Gasteiger partial charge in [0.15, 0.2) is 0 Å². The third kappa shape index (κ3) is 3.77.